The smallest absolute Gasteiger partial charge is 0.345 e. The number of primary amides is 2. The van der Waals surface area contributed by atoms with Crippen LogP contribution in [0.2, 0.25) is 0 Å². The van der Waals surface area contributed by atoms with Crippen LogP contribution in [0.25, 0.3) is 0 Å². The Morgan fingerprint density at radius 1 is 1.24 bits per heavy atom. The third kappa shape index (κ3) is 4.00. The zero-order chi connectivity index (χ0) is 16.4. The van der Waals surface area contributed by atoms with Gasteiger partial charge in [0.15, 0.2) is 0 Å². The maximum Gasteiger partial charge on any atom is 0.345 e. The Kier molecular flexibility index (Phi) is 5.04. The zero-order valence-corrected chi connectivity index (χ0v) is 12.5. The van der Waals surface area contributed by atoms with E-state index in [-0.39, 0.29) is 14.6 Å². The zero-order valence-electron chi connectivity index (χ0n) is 10.9. The Morgan fingerprint density at radius 3 is 2.05 bits per heavy atom. The Morgan fingerprint density at radius 2 is 1.71 bits per heavy atom. The summed E-state index contributed by atoms with van der Waals surface area (Å²) in [7, 11) is -4.26. The molecule has 116 valence electrons. The summed E-state index contributed by atoms with van der Waals surface area (Å²) in [5.74, 6) is -3.21. The molecule has 1 aromatic rings. The number of carbonyl (C=O) groups is 3. The van der Waals surface area contributed by atoms with Gasteiger partial charge in [-0.05, 0) is 13.0 Å². The van der Waals surface area contributed by atoms with Gasteiger partial charge in [-0.3, -0.25) is 9.59 Å². The molecule has 0 radical (unpaired) electrons. The van der Waals surface area contributed by atoms with Crippen LogP contribution >= 0.6 is 11.3 Å². The van der Waals surface area contributed by atoms with Crippen molar-refractivity contribution in [2.45, 2.75) is 11.8 Å². The van der Waals surface area contributed by atoms with Crippen molar-refractivity contribution in [2.24, 2.45) is 11.5 Å². The number of carboxylic acids is 1. The molecular formula is C10H13N3O6S2. The van der Waals surface area contributed by atoms with Crippen molar-refractivity contribution >= 4 is 39.1 Å². The summed E-state index contributed by atoms with van der Waals surface area (Å²) in [5, 5.41) is 8.87. The second-order valence-corrected chi connectivity index (χ2v) is 7.20. The molecule has 2 amide bonds. The lowest BCUT2D eigenvalue weighted by molar-refractivity contribution is -0.120. The van der Waals surface area contributed by atoms with Gasteiger partial charge in [0.25, 0.3) is 0 Å². The van der Waals surface area contributed by atoms with E-state index in [1.807, 2.05) is 0 Å². The first kappa shape index (κ1) is 17.1. The second-order valence-electron chi connectivity index (χ2n) is 4.04. The third-order valence-corrected chi connectivity index (χ3v) is 5.45. The summed E-state index contributed by atoms with van der Waals surface area (Å²) in [5.41, 5.74) is 9.89. The number of aryl methyl sites for hydroxylation is 1. The van der Waals surface area contributed by atoms with Crippen molar-refractivity contribution in [1.29, 1.82) is 0 Å². The number of hydrogen-bond acceptors (Lipinski definition) is 6. The highest BCUT2D eigenvalue weighted by molar-refractivity contribution is 7.89. The van der Waals surface area contributed by atoms with Crippen molar-refractivity contribution in [2.75, 3.05) is 13.1 Å². The van der Waals surface area contributed by atoms with Crippen molar-refractivity contribution in [1.82, 2.24) is 4.31 Å². The van der Waals surface area contributed by atoms with Gasteiger partial charge in [-0.1, -0.05) is 0 Å². The maximum atomic E-state index is 12.4. The molecule has 0 atom stereocenters. The number of aromatic carboxylic acids is 1. The summed E-state index contributed by atoms with van der Waals surface area (Å²) in [4.78, 5) is 32.5. The summed E-state index contributed by atoms with van der Waals surface area (Å²) >= 11 is 0.767. The van der Waals surface area contributed by atoms with Gasteiger partial charge in [-0.25, -0.2) is 13.2 Å². The summed E-state index contributed by atoms with van der Waals surface area (Å²) in [6, 6.07) is 0.965. The summed E-state index contributed by atoms with van der Waals surface area (Å²) in [6.45, 7) is -0.0529. The Labute approximate surface area is 124 Å². The van der Waals surface area contributed by atoms with Crippen LogP contribution in [0.4, 0.5) is 0 Å². The van der Waals surface area contributed by atoms with E-state index in [1.54, 1.807) is 0 Å². The molecule has 21 heavy (non-hydrogen) atoms. The lowest BCUT2D eigenvalue weighted by Crippen LogP contribution is -2.43. The average molecular weight is 335 g/mol. The van der Waals surface area contributed by atoms with Gasteiger partial charge in [0.1, 0.15) is 4.88 Å². The van der Waals surface area contributed by atoms with E-state index < -0.39 is 40.9 Å². The van der Waals surface area contributed by atoms with E-state index in [2.05, 4.69) is 0 Å². The maximum absolute atomic E-state index is 12.4. The molecule has 0 fully saturated rings. The molecule has 11 heteroatoms. The molecule has 1 aromatic heterocycles. The predicted molar refractivity (Wildman–Crippen MR) is 73.2 cm³/mol. The van der Waals surface area contributed by atoms with Crippen LogP contribution < -0.4 is 11.5 Å². The monoisotopic (exact) mass is 335 g/mol. The van der Waals surface area contributed by atoms with Crippen LogP contribution in [-0.4, -0.2) is 48.7 Å². The first-order valence-corrected chi connectivity index (χ1v) is 7.72. The molecule has 0 aromatic carbocycles. The van der Waals surface area contributed by atoms with Crippen LogP contribution in [0.3, 0.4) is 0 Å². The fraction of sp³-hybridized carbons (Fsp3) is 0.300. The Hall–Kier alpha value is -1.98. The standard InChI is InChI=1S/C10H13N3O6S2/c1-5-7(2-6(20-5)10(16)17)21(18,19)13(3-8(11)14)4-9(12)15/h2H,3-4H2,1H3,(H2,11,14)(H2,12,15)(H,16,17). The first-order chi connectivity index (χ1) is 9.55. The fourth-order valence-electron chi connectivity index (χ4n) is 1.54. The van der Waals surface area contributed by atoms with Crippen LogP contribution in [0, 0.1) is 6.92 Å². The summed E-state index contributed by atoms with van der Waals surface area (Å²) < 4.78 is 25.3. The first-order valence-electron chi connectivity index (χ1n) is 5.46. The number of thiophene rings is 1. The van der Waals surface area contributed by atoms with Gasteiger partial charge < -0.3 is 16.6 Å². The lowest BCUT2D eigenvalue weighted by Gasteiger charge is -2.18. The van der Waals surface area contributed by atoms with Gasteiger partial charge in [0, 0.05) is 4.88 Å². The molecule has 0 saturated carbocycles. The number of amides is 2. The molecule has 0 aliphatic heterocycles. The number of nitrogens with two attached hydrogens (primary N) is 2. The number of hydrogen-bond donors (Lipinski definition) is 3. The number of sulfonamides is 1. The molecule has 0 bridgehead atoms. The highest BCUT2D eigenvalue weighted by Crippen LogP contribution is 2.28. The van der Waals surface area contributed by atoms with E-state index >= 15 is 0 Å². The van der Waals surface area contributed by atoms with E-state index in [0.29, 0.717) is 4.31 Å². The molecule has 1 rings (SSSR count). The SMILES string of the molecule is Cc1sc(C(=O)O)cc1S(=O)(=O)N(CC(N)=O)CC(N)=O. The van der Waals surface area contributed by atoms with Crippen LogP contribution in [0.5, 0.6) is 0 Å². The lowest BCUT2D eigenvalue weighted by atomic mass is 10.4. The van der Waals surface area contributed by atoms with E-state index in [0.717, 1.165) is 17.4 Å². The van der Waals surface area contributed by atoms with Crippen LogP contribution in [0.1, 0.15) is 14.5 Å². The average Bonchev–Trinajstić information content (AvgIpc) is 2.70. The van der Waals surface area contributed by atoms with Crippen molar-refractivity contribution < 1.29 is 27.9 Å². The largest absolute Gasteiger partial charge is 0.477 e. The minimum atomic E-state index is -4.26. The molecule has 0 unspecified atom stereocenters. The van der Waals surface area contributed by atoms with Crippen LogP contribution in [-0.2, 0) is 19.6 Å². The van der Waals surface area contributed by atoms with E-state index in [9.17, 15) is 22.8 Å². The minimum absolute atomic E-state index is 0.177. The van der Waals surface area contributed by atoms with Gasteiger partial charge in [0.2, 0.25) is 21.8 Å². The number of rotatable bonds is 7. The number of carboxylic acid groups (broad SMARTS) is 1. The van der Waals surface area contributed by atoms with Crippen molar-refractivity contribution in [3.05, 3.63) is 15.8 Å². The predicted octanol–water partition coefficient (Wildman–Crippen LogP) is -1.28. The van der Waals surface area contributed by atoms with Gasteiger partial charge in [0.05, 0.1) is 18.0 Å². The second kappa shape index (κ2) is 6.20. The number of carbonyl (C=O) groups excluding carboxylic acids is 2. The normalized spacial score (nSPS) is 11.5. The Bertz CT molecular complexity index is 678. The Balaban J connectivity index is 3.31. The molecule has 0 saturated heterocycles. The highest BCUT2D eigenvalue weighted by atomic mass is 32.2. The minimum Gasteiger partial charge on any atom is -0.477 e. The third-order valence-electron chi connectivity index (χ3n) is 2.37. The highest BCUT2D eigenvalue weighted by Gasteiger charge is 2.30. The molecule has 5 N–H and O–H groups in total. The van der Waals surface area contributed by atoms with Crippen molar-refractivity contribution in [3.8, 4) is 0 Å². The van der Waals surface area contributed by atoms with Crippen molar-refractivity contribution in [3.63, 3.8) is 0 Å². The van der Waals surface area contributed by atoms with Gasteiger partial charge in [-0.2, -0.15) is 4.31 Å². The van der Waals surface area contributed by atoms with Gasteiger partial charge in [-0.15, -0.1) is 11.3 Å². The molecule has 9 nitrogen and oxygen atoms in total. The quantitative estimate of drug-likeness (QED) is 0.562. The number of nitrogens with zero attached hydrogens (tertiary/aromatic N) is 1. The molecule has 0 aliphatic rings. The molecule has 0 aliphatic carbocycles. The van der Waals surface area contributed by atoms with E-state index in [1.165, 1.54) is 6.92 Å². The molecule has 0 spiro atoms. The molecule has 1 heterocycles. The van der Waals surface area contributed by atoms with Crippen LogP contribution in [0.15, 0.2) is 11.0 Å². The fourth-order valence-corrected chi connectivity index (χ4v) is 4.31. The van der Waals surface area contributed by atoms with Gasteiger partial charge >= 0.3 is 5.97 Å². The molecular weight excluding hydrogens is 322 g/mol. The van der Waals surface area contributed by atoms with E-state index in [4.69, 9.17) is 16.6 Å². The summed E-state index contributed by atoms with van der Waals surface area (Å²) in [6.07, 6.45) is 0. The topological polar surface area (TPSA) is 161 Å².